The summed E-state index contributed by atoms with van der Waals surface area (Å²) in [5.74, 6) is 0. The van der Waals surface area contributed by atoms with Crippen molar-refractivity contribution >= 4 is 0 Å². The van der Waals surface area contributed by atoms with E-state index < -0.39 is 0 Å². The monoisotopic (exact) mass is 125 g/mol. The molecule has 0 N–H and O–H groups in total. The van der Waals surface area contributed by atoms with Crippen molar-refractivity contribution in [3.8, 4) is 0 Å². The Balaban J connectivity index is 2.12. The maximum Gasteiger partial charge on any atom is 0.0166 e. The second kappa shape index (κ2) is 3.02. The molecule has 1 rings (SSSR count). The van der Waals surface area contributed by atoms with E-state index in [0.29, 0.717) is 0 Å². The predicted octanol–water partition coefficient (Wildman–Crippen LogP) is 1.66. The topological polar surface area (TPSA) is 3.01 Å². The lowest BCUT2D eigenvalue weighted by atomic mass is 10.2. The average molecular weight is 125 g/mol. The molecule has 0 bridgehead atoms. The van der Waals surface area contributed by atoms with E-state index >= 15 is 0 Å². The van der Waals surface area contributed by atoms with Crippen LogP contribution in [0.5, 0.6) is 0 Å². The fraction of sp³-hybridized carbons (Fsp3) is 0.750. The molecule has 0 radical (unpaired) electrons. The van der Waals surface area contributed by atoms with Crippen LogP contribution in [-0.4, -0.2) is 24.5 Å². The summed E-state index contributed by atoms with van der Waals surface area (Å²) in [5.41, 5.74) is 1.52. The first-order chi connectivity index (χ1) is 4.33. The van der Waals surface area contributed by atoms with Gasteiger partial charge in [0.15, 0.2) is 0 Å². The third-order valence-electron chi connectivity index (χ3n) is 1.80. The quantitative estimate of drug-likeness (QED) is 0.409. The molecular weight excluding hydrogens is 110 g/mol. The Morgan fingerprint density at radius 2 is 2.22 bits per heavy atom. The van der Waals surface area contributed by atoms with Gasteiger partial charge >= 0.3 is 0 Å². The molecule has 9 heavy (non-hydrogen) atoms. The molecule has 0 aromatic rings. The third-order valence-corrected chi connectivity index (χ3v) is 1.80. The molecule has 1 aliphatic heterocycles. The average Bonchev–Trinajstić information content (AvgIpc) is 2.65. The Labute approximate surface area is 57.4 Å². The van der Waals surface area contributed by atoms with Crippen LogP contribution in [0.1, 0.15) is 20.3 Å². The summed E-state index contributed by atoms with van der Waals surface area (Å²) in [5, 5.41) is 0. The molecule has 1 fully saturated rings. The highest BCUT2D eigenvalue weighted by atomic mass is 15.2. The molecule has 0 aromatic heterocycles. The van der Waals surface area contributed by atoms with E-state index in [1.165, 1.54) is 31.6 Å². The van der Waals surface area contributed by atoms with Crippen LogP contribution >= 0.6 is 0 Å². The largest absolute Gasteiger partial charge is 0.297 e. The summed E-state index contributed by atoms with van der Waals surface area (Å²) in [4.78, 5) is 2.42. The molecule has 1 heteroatoms. The van der Waals surface area contributed by atoms with Crippen molar-refractivity contribution < 1.29 is 0 Å². The third kappa shape index (κ3) is 2.66. The standard InChI is InChI=1S/C8H15N/c1-3-8(2)4-5-9-6-7-9/h4H,3,5-7H2,1-2H3/b8-4-. The van der Waals surface area contributed by atoms with Gasteiger partial charge in [0.05, 0.1) is 0 Å². The van der Waals surface area contributed by atoms with Gasteiger partial charge in [0.1, 0.15) is 0 Å². The van der Waals surface area contributed by atoms with Gasteiger partial charge in [-0.25, -0.2) is 0 Å². The zero-order valence-electron chi connectivity index (χ0n) is 6.35. The second-order valence-corrected chi connectivity index (χ2v) is 2.70. The van der Waals surface area contributed by atoms with Crippen molar-refractivity contribution in [2.45, 2.75) is 20.3 Å². The first-order valence-corrected chi connectivity index (χ1v) is 3.71. The molecule has 1 saturated heterocycles. The van der Waals surface area contributed by atoms with Crippen molar-refractivity contribution in [2.75, 3.05) is 19.6 Å². The van der Waals surface area contributed by atoms with Crippen LogP contribution in [0.15, 0.2) is 11.6 Å². The maximum absolute atomic E-state index is 2.42. The lowest BCUT2D eigenvalue weighted by Crippen LogP contribution is -1.94. The molecule has 1 aliphatic rings. The molecule has 0 unspecified atom stereocenters. The molecule has 1 heterocycles. The molecule has 0 saturated carbocycles. The van der Waals surface area contributed by atoms with Crippen LogP contribution in [0.4, 0.5) is 0 Å². The van der Waals surface area contributed by atoms with E-state index in [0.717, 1.165) is 0 Å². The number of hydrogen-bond donors (Lipinski definition) is 0. The van der Waals surface area contributed by atoms with E-state index in [4.69, 9.17) is 0 Å². The van der Waals surface area contributed by atoms with Gasteiger partial charge < -0.3 is 0 Å². The predicted molar refractivity (Wildman–Crippen MR) is 40.5 cm³/mol. The van der Waals surface area contributed by atoms with Crippen molar-refractivity contribution in [1.29, 1.82) is 0 Å². The summed E-state index contributed by atoms with van der Waals surface area (Å²) in [6.45, 7) is 8.21. The lowest BCUT2D eigenvalue weighted by Gasteiger charge is -1.95. The minimum atomic E-state index is 1.18. The normalized spacial score (nSPS) is 20.4. The Kier molecular flexibility index (Phi) is 2.29. The first kappa shape index (κ1) is 6.81. The van der Waals surface area contributed by atoms with Crippen LogP contribution in [0.2, 0.25) is 0 Å². The second-order valence-electron chi connectivity index (χ2n) is 2.70. The van der Waals surface area contributed by atoms with Gasteiger partial charge in [0, 0.05) is 19.6 Å². The summed E-state index contributed by atoms with van der Waals surface area (Å²) in [7, 11) is 0. The van der Waals surface area contributed by atoms with Gasteiger partial charge in [-0.3, -0.25) is 4.90 Å². The number of allylic oxidation sites excluding steroid dienone is 1. The number of nitrogens with zero attached hydrogens (tertiary/aromatic N) is 1. The van der Waals surface area contributed by atoms with Crippen molar-refractivity contribution in [3.63, 3.8) is 0 Å². The molecule has 0 aromatic carbocycles. The number of rotatable bonds is 3. The van der Waals surface area contributed by atoms with Gasteiger partial charge in [-0.15, -0.1) is 0 Å². The Morgan fingerprint density at radius 1 is 1.56 bits per heavy atom. The summed E-state index contributed by atoms with van der Waals surface area (Å²) < 4.78 is 0. The molecule has 0 spiro atoms. The van der Waals surface area contributed by atoms with Gasteiger partial charge in [0.2, 0.25) is 0 Å². The van der Waals surface area contributed by atoms with Gasteiger partial charge in [-0.1, -0.05) is 18.6 Å². The van der Waals surface area contributed by atoms with E-state index in [9.17, 15) is 0 Å². The first-order valence-electron chi connectivity index (χ1n) is 3.71. The smallest absolute Gasteiger partial charge is 0.0166 e. The lowest BCUT2D eigenvalue weighted by molar-refractivity contribution is 0.626. The van der Waals surface area contributed by atoms with E-state index in [1.807, 2.05) is 0 Å². The zero-order chi connectivity index (χ0) is 6.69. The summed E-state index contributed by atoms with van der Waals surface area (Å²) in [6.07, 6.45) is 3.53. The van der Waals surface area contributed by atoms with E-state index in [-0.39, 0.29) is 0 Å². The summed E-state index contributed by atoms with van der Waals surface area (Å²) in [6, 6.07) is 0. The van der Waals surface area contributed by atoms with Gasteiger partial charge in [-0.2, -0.15) is 0 Å². The van der Waals surface area contributed by atoms with Gasteiger partial charge in [-0.05, 0) is 13.3 Å². The molecule has 52 valence electrons. The zero-order valence-corrected chi connectivity index (χ0v) is 6.35. The van der Waals surface area contributed by atoms with Crippen LogP contribution in [-0.2, 0) is 0 Å². The van der Waals surface area contributed by atoms with Crippen molar-refractivity contribution in [3.05, 3.63) is 11.6 Å². The van der Waals surface area contributed by atoms with Crippen LogP contribution in [0.25, 0.3) is 0 Å². The molecular formula is C8H15N. The fourth-order valence-corrected chi connectivity index (χ4v) is 0.683. The SMILES string of the molecule is CC/C(C)=C\CN1CC1. The number of hydrogen-bond acceptors (Lipinski definition) is 1. The maximum atomic E-state index is 2.42. The molecule has 0 atom stereocenters. The molecule has 0 amide bonds. The molecule has 1 nitrogen and oxygen atoms in total. The highest BCUT2D eigenvalue weighted by molar-refractivity contribution is 4.99. The Bertz CT molecular complexity index is 112. The Hall–Kier alpha value is -0.300. The van der Waals surface area contributed by atoms with Crippen molar-refractivity contribution in [2.24, 2.45) is 0 Å². The fourth-order valence-electron chi connectivity index (χ4n) is 0.683. The van der Waals surface area contributed by atoms with Crippen molar-refractivity contribution in [1.82, 2.24) is 4.90 Å². The minimum absolute atomic E-state index is 1.18. The highest BCUT2D eigenvalue weighted by Crippen LogP contribution is 2.05. The minimum Gasteiger partial charge on any atom is -0.297 e. The van der Waals surface area contributed by atoms with Crippen LogP contribution in [0.3, 0.4) is 0 Å². The van der Waals surface area contributed by atoms with Gasteiger partial charge in [0.25, 0.3) is 0 Å². The molecule has 0 aliphatic carbocycles. The summed E-state index contributed by atoms with van der Waals surface area (Å²) >= 11 is 0. The van der Waals surface area contributed by atoms with E-state index in [2.05, 4.69) is 24.8 Å². The van der Waals surface area contributed by atoms with Crippen LogP contribution < -0.4 is 0 Å². The van der Waals surface area contributed by atoms with E-state index in [1.54, 1.807) is 0 Å². The van der Waals surface area contributed by atoms with Crippen LogP contribution in [0, 0.1) is 0 Å². The highest BCUT2D eigenvalue weighted by Gasteiger charge is 2.13. The Morgan fingerprint density at radius 3 is 2.67 bits per heavy atom.